The Kier molecular flexibility index (Phi) is 6.28. The highest BCUT2D eigenvalue weighted by atomic mass is 16.5. The van der Waals surface area contributed by atoms with Crippen LogP contribution in [0.15, 0.2) is 18.2 Å². The summed E-state index contributed by atoms with van der Waals surface area (Å²) in [5.41, 5.74) is 6.56. The quantitative estimate of drug-likeness (QED) is 0.733. The molecule has 1 saturated carbocycles. The molecule has 1 aromatic carbocycles. The minimum absolute atomic E-state index is 0.0551. The van der Waals surface area contributed by atoms with Crippen LogP contribution in [-0.2, 0) is 0 Å². The van der Waals surface area contributed by atoms with Crippen molar-refractivity contribution in [2.45, 2.75) is 39.2 Å². The van der Waals surface area contributed by atoms with E-state index in [0.29, 0.717) is 42.0 Å². The van der Waals surface area contributed by atoms with Crippen molar-refractivity contribution < 1.29 is 14.3 Å². The molecule has 128 valence electrons. The van der Waals surface area contributed by atoms with Gasteiger partial charge in [-0.25, -0.2) is 0 Å². The minimum Gasteiger partial charge on any atom is -0.493 e. The summed E-state index contributed by atoms with van der Waals surface area (Å²) in [5.74, 6) is 2.27. The van der Waals surface area contributed by atoms with Gasteiger partial charge < -0.3 is 20.5 Å². The Bertz CT molecular complexity index is 527. The van der Waals surface area contributed by atoms with Crippen LogP contribution in [-0.4, -0.2) is 32.2 Å². The van der Waals surface area contributed by atoms with Crippen molar-refractivity contribution in [2.24, 2.45) is 17.6 Å². The molecule has 2 rings (SSSR count). The number of rotatable bonds is 9. The van der Waals surface area contributed by atoms with Crippen LogP contribution in [0.5, 0.6) is 11.5 Å². The van der Waals surface area contributed by atoms with Crippen LogP contribution in [0.3, 0.4) is 0 Å². The second kappa shape index (κ2) is 8.20. The number of hydrogen-bond donors (Lipinski definition) is 2. The molecule has 1 aliphatic carbocycles. The molecule has 1 amide bonds. The van der Waals surface area contributed by atoms with Crippen molar-refractivity contribution in [1.82, 2.24) is 5.32 Å². The Balaban J connectivity index is 1.92. The Labute approximate surface area is 138 Å². The molecule has 1 unspecified atom stereocenters. The molecule has 23 heavy (non-hydrogen) atoms. The SMILES string of the molecule is COc1cc(C(=O)NCC(N)C2CC2)ccc1OCCC(C)C. The van der Waals surface area contributed by atoms with Crippen molar-refractivity contribution in [1.29, 1.82) is 0 Å². The fraction of sp³-hybridized carbons (Fsp3) is 0.611. The highest BCUT2D eigenvalue weighted by Crippen LogP contribution is 2.31. The molecule has 0 aliphatic heterocycles. The number of carbonyl (C=O) groups excluding carboxylic acids is 1. The van der Waals surface area contributed by atoms with Crippen molar-refractivity contribution in [3.05, 3.63) is 23.8 Å². The molecule has 0 spiro atoms. The normalized spacial score (nSPS) is 15.3. The van der Waals surface area contributed by atoms with Gasteiger partial charge in [-0.3, -0.25) is 4.79 Å². The Morgan fingerprint density at radius 1 is 1.35 bits per heavy atom. The molecular weight excluding hydrogens is 292 g/mol. The molecular formula is C18H28N2O3. The van der Waals surface area contributed by atoms with Crippen LogP contribution in [0.1, 0.15) is 43.5 Å². The first kappa shape index (κ1) is 17.6. The second-order valence-corrected chi connectivity index (χ2v) is 6.61. The van der Waals surface area contributed by atoms with Gasteiger partial charge in [0.1, 0.15) is 0 Å². The lowest BCUT2D eigenvalue weighted by atomic mass is 10.1. The predicted octanol–water partition coefficient (Wildman–Crippen LogP) is 2.59. The number of benzene rings is 1. The highest BCUT2D eigenvalue weighted by molar-refractivity contribution is 5.94. The molecule has 5 nitrogen and oxygen atoms in total. The van der Waals surface area contributed by atoms with Crippen LogP contribution < -0.4 is 20.5 Å². The average molecular weight is 320 g/mol. The number of nitrogens with one attached hydrogen (secondary N) is 1. The van der Waals surface area contributed by atoms with Gasteiger partial charge in [-0.1, -0.05) is 13.8 Å². The second-order valence-electron chi connectivity index (χ2n) is 6.61. The van der Waals surface area contributed by atoms with E-state index in [4.69, 9.17) is 15.2 Å². The molecule has 1 aliphatic rings. The van der Waals surface area contributed by atoms with E-state index in [1.54, 1.807) is 25.3 Å². The monoisotopic (exact) mass is 320 g/mol. The van der Waals surface area contributed by atoms with Gasteiger partial charge in [0, 0.05) is 18.2 Å². The lowest BCUT2D eigenvalue weighted by Gasteiger charge is -2.14. The van der Waals surface area contributed by atoms with E-state index in [0.717, 1.165) is 6.42 Å². The largest absolute Gasteiger partial charge is 0.493 e. The number of nitrogens with two attached hydrogens (primary N) is 1. The first-order valence-corrected chi connectivity index (χ1v) is 8.36. The van der Waals surface area contributed by atoms with Crippen molar-refractivity contribution in [3.63, 3.8) is 0 Å². The summed E-state index contributed by atoms with van der Waals surface area (Å²) in [5, 5.41) is 2.89. The molecule has 0 radical (unpaired) electrons. The molecule has 0 saturated heterocycles. The standard InChI is InChI=1S/C18H28N2O3/c1-12(2)8-9-23-16-7-6-14(10-17(16)22-3)18(21)20-11-15(19)13-4-5-13/h6-7,10,12-13,15H,4-5,8-9,11,19H2,1-3H3,(H,20,21). The van der Waals surface area contributed by atoms with Gasteiger partial charge in [0.25, 0.3) is 5.91 Å². The fourth-order valence-corrected chi connectivity index (χ4v) is 2.34. The zero-order valence-corrected chi connectivity index (χ0v) is 14.3. The maximum atomic E-state index is 12.2. The van der Waals surface area contributed by atoms with Crippen LogP contribution in [0.2, 0.25) is 0 Å². The Morgan fingerprint density at radius 3 is 2.70 bits per heavy atom. The van der Waals surface area contributed by atoms with Gasteiger partial charge >= 0.3 is 0 Å². The van der Waals surface area contributed by atoms with Crippen LogP contribution >= 0.6 is 0 Å². The third kappa shape index (κ3) is 5.43. The minimum atomic E-state index is -0.131. The van der Waals surface area contributed by atoms with Gasteiger partial charge in [0.15, 0.2) is 11.5 Å². The summed E-state index contributed by atoms with van der Waals surface area (Å²) < 4.78 is 11.1. The highest BCUT2D eigenvalue weighted by Gasteiger charge is 2.28. The van der Waals surface area contributed by atoms with E-state index in [1.165, 1.54) is 12.8 Å². The first-order valence-electron chi connectivity index (χ1n) is 8.36. The smallest absolute Gasteiger partial charge is 0.251 e. The topological polar surface area (TPSA) is 73.6 Å². The zero-order valence-electron chi connectivity index (χ0n) is 14.3. The molecule has 0 bridgehead atoms. The molecule has 5 heteroatoms. The Morgan fingerprint density at radius 2 is 2.09 bits per heavy atom. The van der Waals surface area contributed by atoms with E-state index in [9.17, 15) is 4.79 Å². The number of carbonyl (C=O) groups is 1. The van der Waals surface area contributed by atoms with Gasteiger partial charge in [-0.2, -0.15) is 0 Å². The first-order chi connectivity index (χ1) is 11.0. The number of ether oxygens (including phenoxy) is 2. The van der Waals surface area contributed by atoms with Crippen molar-refractivity contribution in [3.8, 4) is 11.5 Å². The number of amides is 1. The number of methoxy groups -OCH3 is 1. The molecule has 1 fully saturated rings. The van der Waals surface area contributed by atoms with Gasteiger partial charge in [-0.15, -0.1) is 0 Å². The number of hydrogen-bond acceptors (Lipinski definition) is 4. The van der Waals surface area contributed by atoms with E-state index in [1.807, 2.05) is 0 Å². The van der Waals surface area contributed by atoms with E-state index in [-0.39, 0.29) is 11.9 Å². The summed E-state index contributed by atoms with van der Waals surface area (Å²) in [4.78, 5) is 12.2. The van der Waals surface area contributed by atoms with Gasteiger partial charge in [0.05, 0.1) is 13.7 Å². The summed E-state index contributed by atoms with van der Waals surface area (Å²) in [6, 6.07) is 5.31. The molecule has 1 aromatic rings. The summed E-state index contributed by atoms with van der Waals surface area (Å²) >= 11 is 0. The van der Waals surface area contributed by atoms with E-state index < -0.39 is 0 Å². The van der Waals surface area contributed by atoms with Crippen LogP contribution in [0.4, 0.5) is 0 Å². The van der Waals surface area contributed by atoms with Crippen molar-refractivity contribution in [2.75, 3.05) is 20.3 Å². The molecule has 3 N–H and O–H groups in total. The molecule has 0 aromatic heterocycles. The van der Waals surface area contributed by atoms with Gasteiger partial charge in [0.2, 0.25) is 0 Å². The predicted molar refractivity (Wildman–Crippen MR) is 91.0 cm³/mol. The van der Waals surface area contributed by atoms with Crippen LogP contribution in [0, 0.1) is 11.8 Å². The Hall–Kier alpha value is -1.75. The summed E-state index contributed by atoms with van der Waals surface area (Å²) in [6.07, 6.45) is 3.32. The van der Waals surface area contributed by atoms with Gasteiger partial charge in [-0.05, 0) is 49.3 Å². The maximum absolute atomic E-state index is 12.2. The van der Waals surface area contributed by atoms with E-state index >= 15 is 0 Å². The lowest BCUT2D eigenvalue weighted by Crippen LogP contribution is -2.38. The molecule has 1 atom stereocenters. The summed E-state index contributed by atoms with van der Waals surface area (Å²) in [7, 11) is 1.58. The van der Waals surface area contributed by atoms with E-state index in [2.05, 4.69) is 19.2 Å². The average Bonchev–Trinajstić information content (AvgIpc) is 3.37. The fourth-order valence-electron chi connectivity index (χ4n) is 2.34. The summed E-state index contributed by atoms with van der Waals surface area (Å²) in [6.45, 7) is 5.45. The zero-order chi connectivity index (χ0) is 16.8. The van der Waals surface area contributed by atoms with Crippen LogP contribution in [0.25, 0.3) is 0 Å². The maximum Gasteiger partial charge on any atom is 0.251 e. The third-order valence-corrected chi connectivity index (χ3v) is 4.10. The lowest BCUT2D eigenvalue weighted by molar-refractivity contribution is 0.0950. The van der Waals surface area contributed by atoms with Crippen molar-refractivity contribution >= 4 is 5.91 Å². The molecule has 0 heterocycles. The third-order valence-electron chi connectivity index (χ3n) is 4.10.